The number of nitrogens with zero attached hydrogens (tertiary/aromatic N) is 4. The van der Waals surface area contributed by atoms with E-state index in [0.717, 1.165) is 6.26 Å². The van der Waals surface area contributed by atoms with E-state index in [0.29, 0.717) is 25.9 Å². The Morgan fingerprint density at radius 2 is 2.15 bits per heavy atom. The zero-order valence-corrected chi connectivity index (χ0v) is 11.9. The van der Waals surface area contributed by atoms with Crippen molar-refractivity contribution in [2.24, 2.45) is 0 Å². The van der Waals surface area contributed by atoms with Gasteiger partial charge in [0.2, 0.25) is 15.9 Å². The van der Waals surface area contributed by atoms with Crippen LogP contribution in [0.1, 0.15) is 12.8 Å². The van der Waals surface area contributed by atoms with Crippen LogP contribution in [0.25, 0.3) is 0 Å². The number of likely N-dealkylation sites (tertiary alicyclic amines) is 1. The zero-order valence-electron chi connectivity index (χ0n) is 11.1. The second kappa shape index (κ2) is 5.75. The van der Waals surface area contributed by atoms with Crippen LogP contribution in [0.15, 0.2) is 6.20 Å². The third kappa shape index (κ3) is 4.17. The minimum atomic E-state index is -3.41. The summed E-state index contributed by atoms with van der Waals surface area (Å²) in [5.74, 6) is -0.0536. The van der Waals surface area contributed by atoms with E-state index >= 15 is 0 Å². The lowest BCUT2D eigenvalue weighted by Gasteiger charge is -2.29. The van der Waals surface area contributed by atoms with Crippen LogP contribution in [0.5, 0.6) is 0 Å². The van der Waals surface area contributed by atoms with Gasteiger partial charge in [0, 0.05) is 13.1 Å². The number of carbonyl (C=O) groups is 1. The summed E-state index contributed by atoms with van der Waals surface area (Å²) in [5, 5.41) is 16.7. The molecule has 1 aromatic rings. The van der Waals surface area contributed by atoms with Gasteiger partial charge in [0.15, 0.2) is 5.82 Å². The molecule has 1 saturated heterocycles. The summed E-state index contributed by atoms with van der Waals surface area (Å²) in [6.07, 6.45) is 3.18. The first-order chi connectivity index (χ1) is 9.33. The molecule has 0 aromatic carbocycles. The minimum absolute atomic E-state index is 0.00542. The van der Waals surface area contributed by atoms with E-state index in [9.17, 15) is 18.3 Å². The highest BCUT2D eigenvalue weighted by Gasteiger charge is 2.21. The van der Waals surface area contributed by atoms with Gasteiger partial charge >= 0.3 is 0 Å². The first-order valence-corrected chi connectivity index (χ1v) is 8.06. The number of hydrogen-bond donors (Lipinski definition) is 2. The van der Waals surface area contributed by atoms with Crippen LogP contribution in [0.2, 0.25) is 0 Å². The van der Waals surface area contributed by atoms with E-state index < -0.39 is 10.0 Å². The molecule has 1 fully saturated rings. The SMILES string of the molecule is CS(=O)(=O)Nc1cn(CC(=O)N2CCC(O)CC2)nn1. The number of hydrogen-bond acceptors (Lipinski definition) is 6. The molecule has 1 aromatic heterocycles. The lowest BCUT2D eigenvalue weighted by atomic mass is 10.1. The van der Waals surface area contributed by atoms with Crippen LogP contribution in [0.4, 0.5) is 5.82 Å². The molecule has 0 spiro atoms. The first kappa shape index (κ1) is 14.7. The zero-order chi connectivity index (χ0) is 14.8. The Morgan fingerprint density at radius 1 is 1.50 bits per heavy atom. The predicted octanol–water partition coefficient (Wildman–Crippen LogP) is -1.37. The summed E-state index contributed by atoms with van der Waals surface area (Å²) in [7, 11) is -3.41. The summed E-state index contributed by atoms with van der Waals surface area (Å²) in [5.41, 5.74) is 0. The molecule has 1 amide bonds. The van der Waals surface area contributed by atoms with Crippen molar-refractivity contribution < 1.29 is 18.3 Å². The standard InChI is InChI=1S/C10H17N5O4S/c1-20(18,19)12-9-6-15(13-11-9)7-10(17)14-4-2-8(16)3-5-14/h6,8,12,16H,2-5,7H2,1H3. The Morgan fingerprint density at radius 3 is 2.75 bits per heavy atom. The lowest BCUT2D eigenvalue weighted by molar-refractivity contribution is -0.134. The molecule has 0 unspecified atom stereocenters. The van der Waals surface area contributed by atoms with Crippen LogP contribution in [-0.4, -0.2) is 64.8 Å². The Bertz CT molecular complexity index is 576. The maximum Gasteiger partial charge on any atom is 0.244 e. The van der Waals surface area contributed by atoms with E-state index in [2.05, 4.69) is 15.0 Å². The van der Waals surface area contributed by atoms with Gasteiger partial charge in [-0.15, -0.1) is 5.10 Å². The Hall–Kier alpha value is -1.68. The quantitative estimate of drug-likeness (QED) is 0.709. The second-order valence-corrected chi connectivity index (χ2v) is 6.54. The number of aromatic nitrogens is 3. The van der Waals surface area contributed by atoms with Crippen LogP contribution in [-0.2, 0) is 21.4 Å². The monoisotopic (exact) mass is 303 g/mol. The van der Waals surface area contributed by atoms with E-state index in [1.54, 1.807) is 4.90 Å². The summed E-state index contributed by atoms with van der Waals surface area (Å²) in [6, 6.07) is 0. The van der Waals surface area contributed by atoms with Gasteiger partial charge in [-0.1, -0.05) is 5.21 Å². The topological polar surface area (TPSA) is 117 Å². The molecule has 2 heterocycles. The van der Waals surface area contributed by atoms with Gasteiger partial charge in [-0.2, -0.15) is 0 Å². The van der Waals surface area contributed by atoms with Gasteiger partial charge in [-0.05, 0) is 12.8 Å². The highest BCUT2D eigenvalue weighted by molar-refractivity contribution is 7.92. The molecule has 9 nitrogen and oxygen atoms in total. The van der Waals surface area contributed by atoms with Crippen LogP contribution in [0, 0.1) is 0 Å². The van der Waals surface area contributed by atoms with Crippen molar-refractivity contribution in [1.29, 1.82) is 0 Å². The third-order valence-electron chi connectivity index (χ3n) is 2.94. The molecular formula is C10H17N5O4S. The van der Waals surface area contributed by atoms with Gasteiger partial charge in [0.25, 0.3) is 0 Å². The molecule has 2 rings (SSSR count). The fourth-order valence-corrected chi connectivity index (χ4v) is 2.44. The summed E-state index contributed by atoms with van der Waals surface area (Å²) in [4.78, 5) is 13.6. The normalized spacial score (nSPS) is 17.2. The average molecular weight is 303 g/mol. The molecule has 10 heteroatoms. The third-order valence-corrected chi connectivity index (χ3v) is 3.52. The molecule has 0 atom stereocenters. The van der Waals surface area contributed by atoms with Crippen molar-refractivity contribution in [3.05, 3.63) is 6.20 Å². The Kier molecular flexibility index (Phi) is 4.23. The van der Waals surface area contributed by atoms with Crippen LogP contribution < -0.4 is 4.72 Å². The minimum Gasteiger partial charge on any atom is -0.393 e. The number of aliphatic hydroxyl groups is 1. The molecule has 0 radical (unpaired) electrons. The van der Waals surface area contributed by atoms with E-state index in [4.69, 9.17) is 0 Å². The highest BCUT2D eigenvalue weighted by Crippen LogP contribution is 2.11. The molecule has 0 saturated carbocycles. The van der Waals surface area contributed by atoms with Crippen molar-refractivity contribution in [2.45, 2.75) is 25.5 Å². The molecule has 1 aliphatic heterocycles. The van der Waals surface area contributed by atoms with Crippen molar-refractivity contribution in [3.63, 3.8) is 0 Å². The van der Waals surface area contributed by atoms with E-state index in [-0.39, 0.29) is 24.4 Å². The number of carbonyl (C=O) groups excluding carboxylic acids is 1. The Labute approximate surface area is 116 Å². The maximum atomic E-state index is 12.0. The summed E-state index contributed by atoms with van der Waals surface area (Å²) >= 11 is 0. The number of aliphatic hydroxyl groups excluding tert-OH is 1. The lowest BCUT2D eigenvalue weighted by Crippen LogP contribution is -2.41. The number of piperidine rings is 1. The number of anilines is 1. The van der Waals surface area contributed by atoms with Gasteiger partial charge in [0.1, 0.15) is 6.54 Å². The van der Waals surface area contributed by atoms with E-state index in [1.807, 2.05) is 0 Å². The largest absolute Gasteiger partial charge is 0.393 e. The average Bonchev–Trinajstić information content (AvgIpc) is 2.74. The number of amides is 1. The van der Waals surface area contributed by atoms with E-state index in [1.165, 1.54) is 10.9 Å². The van der Waals surface area contributed by atoms with Crippen molar-refractivity contribution >= 4 is 21.7 Å². The van der Waals surface area contributed by atoms with Crippen molar-refractivity contribution in [1.82, 2.24) is 19.9 Å². The molecule has 0 aliphatic carbocycles. The summed E-state index contributed by atoms with van der Waals surface area (Å²) < 4.78 is 25.5. The smallest absolute Gasteiger partial charge is 0.244 e. The molecule has 2 N–H and O–H groups in total. The first-order valence-electron chi connectivity index (χ1n) is 6.17. The van der Waals surface area contributed by atoms with Crippen molar-refractivity contribution in [3.8, 4) is 0 Å². The number of rotatable bonds is 4. The van der Waals surface area contributed by atoms with Gasteiger partial charge in [-0.25, -0.2) is 13.1 Å². The highest BCUT2D eigenvalue weighted by atomic mass is 32.2. The molecular weight excluding hydrogens is 286 g/mol. The number of nitrogens with one attached hydrogen (secondary N) is 1. The molecule has 20 heavy (non-hydrogen) atoms. The second-order valence-electron chi connectivity index (χ2n) is 4.79. The van der Waals surface area contributed by atoms with Gasteiger partial charge in [0.05, 0.1) is 18.6 Å². The Balaban J connectivity index is 1.91. The van der Waals surface area contributed by atoms with Gasteiger partial charge in [-0.3, -0.25) is 9.52 Å². The number of sulfonamides is 1. The van der Waals surface area contributed by atoms with Gasteiger partial charge < -0.3 is 10.0 Å². The molecule has 112 valence electrons. The molecule has 1 aliphatic rings. The maximum absolute atomic E-state index is 12.0. The molecule has 0 bridgehead atoms. The van der Waals surface area contributed by atoms with Crippen LogP contribution in [0.3, 0.4) is 0 Å². The predicted molar refractivity (Wildman–Crippen MR) is 70.3 cm³/mol. The van der Waals surface area contributed by atoms with Crippen molar-refractivity contribution in [2.75, 3.05) is 24.1 Å². The fourth-order valence-electron chi connectivity index (χ4n) is 1.97. The summed E-state index contributed by atoms with van der Waals surface area (Å²) in [6.45, 7) is 1.03. The van der Waals surface area contributed by atoms with Crippen LogP contribution >= 0.6 is 0 Å². The fraction of sp³-hybridized carbons (Fsp3) is 0.700.